The van der Waals surface area contributed by atoms with Gasteiger partial charge in [-0.2, -0.15) is 0 Å². The van der Waals surface area contributed by atoms with Gasteiger partial charge in [0.1, 0.15) is 17.1 Å². The number of piperazine rings is 1. The molecule has 3 heterocycles. The highest BCUT2D eigenvalue weighted by Crippen LogP contribution is 2.46. The molecule has 2 aromatic carbocycles. The number of nitrogens with zero attached hydrogens (tertiary/aromatic N) is 4. The molecule has 0 radical (unpaired) electrons. The predicted octanol–water partition coefficient (Wildman–Crippen LogP) is 1.34. The van der Waals surface area contributed by atoms with Crippen molar-refractivity contribution in [2.24, 2.45) is 7.05 Å². The topological polar surface area (TPSA) is 101 Å². The number of carbonyl (C=O) groups excluding carboxylic acids is 1. The van der Waals surface area contributed by atoms with E-state index >= 15 is 0 Å². The van der Waals surface area contributed by atoms with Gasteiger partial charge >= 0.3 is 5.69 Å². The fourth-order valence-corrected chi connectivity index (χ4v) is 6.05. The number of hydrogen-bond donors (Lipinski definition) is 2. The number of rotatable bonds is 8. The number of anilines is 1. The molecule has 10 heteroatoms. The summed E-state index contributed by atoms with van der Waals surface area (Å²) in [7, 11) is 5.07. The molecular formula is C29H36N6O4. The van der Waals surface area contributed by atoms with Crippen LogP contribution in [-0.2, 0) is 20.1 Å². The Bertz CT molecular complexity index is 1480. The predicted molar refractivity (Wildman–Crippen MR) is 151 cm³/mol. The Kier molecular flexibility index (Phi) is 7.44. The van der Waals surface area contributed by atoms with Crippen LogP contribution in [0.4, 0.5) is 5.69 Å². The number of benzene rings is 2. The van der Waals surface area contributed by atoms with Gasteiger partial charge in [-0.05, 0) is 31.7 Å². The zero-order valence-electron chi connectivity index (χ0n) is 22.9. The minimum atomic E-state index is -0.631. The van der Waals surface area contributed by atoms with E-state index in [1.165, 1.54) is 11.7 Å². The molecule has 3 aromatic rings. The van der Waals surface area contributed by atoms with Crippen LogP contribution in [0.3, 0.4) is 0 Å². The number of hydrogen-bond acceptors (Lipinski definition) is 8. The molecular weight excluding hydrogens is 496 g/mol. The second kappa shape index (κ2) is 10.8. The molecule has 10 nitrogen and oxygen atoms in total. The largest absolute Gasteiger partial charge is 0.497 e. The smallest absolute Gasteiger partial charge is 0.331 e. The van der Waals surface area contributed by atoms with Crippen LogP contribution in [0.2, 0.25) is 0 Å². The summed E-state index contributed by atoms with van der Waals surface area (Å²) in [5.41, 5.74) is 0.902. The second-order valence-electron chi connectivity index (χ2n) is 10.2. The van der Waals surface area contributed by atoms with Gasteiger partial charge < -0.3 is 20.3 Å². The third kappa shape index (κ3) is 4.58. The van der Waals surface area contributed by atoms with Crippen molar-refractivity contribution in [2.45, 2.75) is 31.7 Å². The minimum absolute atomic E-state index is 0.316. The zero-order valence-corrected chi connectivity index (χ0v) is 22.9. The van der Waals surface area contributed by atoms with E-state index in [4.69, 9.17) is 4.74 Å². The van der Waals surface area contributed by atoms with Gasteiger partial charge in [0.05, 0.1) is 25.4 Å². The maximum atomic E-state index is 14.2. The van der Waals surface area contributed by atoms with E-state index in [9.17, 15) is 14.4 Å². The molecule has 2 aliphatic rings. The van der Waals surface area contributed by atoms with Crippen LogP contribution in [-0.4, -0.2) is 65.8 Å². The number of nitrogens with one attached hydrogen (secondary N) is 2. The Morgan fingerprint density at radius 1 is 1.10 bits per heavy atom. The lowest BCUT2D eigenvalue weighted by molar-refractivity contribution is 0.0577. The van der Waals surface area contributed by atoms with Crippen molar-refractivity contribution in [1.82, 2.24) is 24.7 Å². The molecule has 0 aliphatic carbocycles. The minimum Gasteiger partial charge on any atom is -0.497 e. The fourth-order valence-electron chi connectivity index (χ4n) is 6.05. The molecule has 5 rings (SSSR count). The highest BCUT2D eigenvalue weighted by Gasteiger charge is 2.54. The highest BCUT2D eigenvalue weighted by molar-refractivity contribution is 5.96. The van der Waals surface area contributed by atoms with Gasteiger partial charge in [-0.1, -0.05) is 42.5 Å². The standard InChI is InChI=1S/C29H36N6O4/c1-29(33-15-13-31-14-16-33)26(30-2)24-25(35(29)18-20-9-6-5-7-10-20)27(37)34(28(38)32(24)3)19-23(36)21-11-8-12-22(17-21)39-4/h5-12,17,26,30-31H,13-16,18-19H2,1-4H3/t26?,29-/m1/s1. The molecule has 1 unspecified atom stereocenters. The Balaban J connectivity index is 1.66. The number of methoxy groups -OCH3 is 1. The summed E-state index contributed by atoms with van der Waals surface area (Å²) in [5.74, 6) is 0.198. The molecule has 0 saturated carbocycles. The first kappa shape index (κ1) is 26.9. The van der Waals surface area contributed by atoms with Crippen LogP contribution in [0.1, 0.15) is 34.6 Å². The van der Waals surface area contributed by atoms with Crippen molar-refractivity contribution in [3.8, 4) is 5.75 Å². The molecule has 2 N–H and O–H groups in total. The monoisotopic (exact) mass is 532 g/mol. The van der Waals surface area contributed by atoms with E-state index < -0.39 is 16.9 Å². The van der Waals surface area contributed by atoms with E-state index in [2.05, 4.69) is 27.4 Å². The molecule has 2 atom stereocenters. The van der Waals surface area contributed by atoms with Crippen molar-refractivity contribution in [3.63, 3.8) is 0 Å². The van der Waals surface area contributed by atoms with Crippen LogP contribution in [0, 0.1) is 0 Å². The molecule has 0 amide bonds. The normalized spacial score (nSPS) is 21.1. The van der Waals surface area contributed by atoms with E-state index in [0.717, 1.165) is 36.3 Å². The van der Waals surface area contributed by atoms with E-state index in [0.29, 0.717) is 29.2 Å². The van der Waals surface area contributed by atoms with Gasteiger partial charge in [-0.25, -0.2) is 4.79 Å². The summed E-state index contributed by atoms with van der Waals surface area (Å²) in [4.78, 5) is 45.6. The van der Waals surface area contributed by atoms with Gasteiger partial charge in [0.25, 0.3) is 5.56 Å². The highest BCUT2D eigenvalue weighted by atomic mass is 16.5. The van der Waals surface area contributed by atoms with Crippen molar-refractivity contribution in [3.05, 3.63) is 92.3 Å². The Labute approximate surface area is 227 Å². The van der Waals surface area contributed by atoms with Crippen molar-refractivity contribution >= 4 is 11.5 Å². The van der Waals surface area contributed by atoms with Gasteiger partial charge in [0.2, 0.25) is 0 Å². The number of ether oxygens (including phenoxy) is 1. The lowest BCUT2D eigenvalue weighted by Crippen LogP contribution is -2.65. The van der Waals surface area contributed by atoms with Crippen LogP contribution in [0.5, 0.6) is 5.75 Å². The Hall–Kier alpha value is -3.73. The van der Waals surface area contributed by atoms with Crippen molar-refractivity contribution in [1.29, 1.82) is 0 Å². The van der Waals surface area contributed by atoms with E-state index in [1.807, 2.05) is 37.4 Å². The van der Waals surface area contributed by atoms with Gasteiger partial charge in [0.15, 0.2) is 5.78 Å². The lowest BCUT2D eigenvalue weighted by atomic mass is 9.98. The first-order valence-corrected chi connectivity index (χ1v) is 13.3. The lowest BCUT2D eigenvalue weighted by Gasteiger charge is -2.50. The van der Waals surface area contributed by atoms with Gasteiger partial charge in [-0.15, -0.1) is 0 Å². The summed E-state index contributed by atoms with van der Waals surface area (Å²) in [6, 6.07) is 16.4. The Morgan fingerprint density at radius 3 is 2.49 bits per heavy atom. The molecule has 0 bridgehead atoms. The number of ketones is 1. The number of likely N-dealkylation sites (N-methyl/N-ethyl adjacent to an activating group) is 1. The summed E-state index contributed by atoms with van der Waals surface area (Å²) in [5, 5.41) is 6.84. The van der Waals surface area contributed by atoms with Crippen molar-refractivity contribution < 1.29 is 9.53 Å². The van der Waals surface area contributed by atoms with Gasteiger partial charge in [-0.3, -0.25) is 23.6 Å². The summed E-state index contributed by atoms with van der Waals surface area (Å²) in [6.45, 7) is 5.51. The number of fused-ring (bicyclic) bond motifs is 1. The van der Waals surface area contributed by atoms with E-state index in [1.54, 1.807) is 31.3 Å². The van der Waals surface area contributed by atoms with Crippen LogP contribution < -0.4 is 31.5 Å². The zero-order chi connectivity index (χ0) is 27.7. The molecule has 1 saturated heterocycles. The van der Waals surface area contributed by atoms with Crippen LogP contribution in [0.25, 0.3) is 0 Å². The first-order valence-electron chi connectivity index (χ1n) is 13.3. The quantitative estimate of drug-likeness (QED) is 0.420. The van der Waals surface area contributed by atoms with E-state index in [-0.39, 0.29) is 18.4 Å². The van der Waals surface area contributed by atoms with Crippen LogP contribution >= 0.6 is 0 Å². The van der Waals surface area contributed by atoms with Gasteiger partial charge in [0, 0.05) is 45.3 Å². The molecule has 206 valence electrons. The SMILES string of the molecule is CNC1c2c(c(=O)n(CC(=O)c3cccc(OC)c3)c(=O)n2C)N(Cc2ccccc2)[C@@]1(C)N1CCNCC1. The summed E-state index contributed by atoms with van der Waals surface area (Å²) < 4.78 is 7.84. The number of carbonyl (C=O) groups is 1. The molecule has 1 aromatic heterocycles. The average Bonchev–Trinajstić information content (AvgIpc) is 3.23. The van der Waals surface area contributed by atoms with Crippen molar-refractivity contribution in [2.75, 3.05) is 45.2 Å². The molecule has 0 spiro atoms. The average molecular weight is 533 g/mol. The third-order valence-electron chi connectivity index (χ3n) is 8.13. The summed E-state index contributed by atoms with van der Waals surface area (Å²) in [6.07, 6.45) is 0. The Morgan fingerprint density at radius 2 is 1.82 bits per heavy atom. The second-order valence-corrected chi connectivity index (χ2v) is 10.2. The molecule has 2 aliphatic heterocycles. The maximum absolute atomic E-state index is 14.2. The molecule has 39 heavy (non-hydrogen) atoms. The molecule has 1 fully saturated rings. The first-order chi connectivity index (χ1) is 18.8. The third-order valence-corrected chi connectivity index (χ3v) is 8.13. The summed E-state index contributed by atoms with van der Waals surface area (Å²) >= 11 is 0. The number of aromatic nitrogens is 2. The fraction of sp³-hybridized carbons (Fsp3) is 0.414. The maximum Gasteiger partial charge on any atom is 0.331 e. The number of Topliss-reactive ketones (excluding diaryl/α,β-unsaturated/α-hetero) is 1. The van der Waals surface area contributed by atoms with Crippen LogP contribution in [0.15, 0.2) is 64.2 Å².